The minimum Gasteiger partial charge on any atom is -0.158 e. The first kappa shape index (κ1) is 8.47. The zero-order chi connectivity index (χ0) is 8.27. The van der Waals surface area contributed by atoms with Crippen molar-refractivity contribution < 1.29 is 0 Å². The number of hydrogen-bond donors (Lipinski definition) is 0. The maximum atomic E-state index is 5.79. The lowest BCUT2D eigenvalue weighted by Gasteiger charge is -2.04. The van der Waals surface area contributed by atoms with Gasteiger partial charge in [0, 0.05) is 6.20 Å². The van der Waals surface area contributed by atoms with Crippen LogP contribution in [0.25, 0.3) is 0 Å². The van der Waals surface area contributed by atoms with Gasteiger partial charge in [0.15, 0.2) is 5.15 Å². The van der Waals surface area contributed by atoms with E-state index < -0.39 is 0 Å². The molecule has 0 saturated heterocycles. The van der Waals surface area contributed by atoms with Gasteiger partial charge in [0.05, 0.1) is 0 Å². The van der Waals surface area contributed by atoms with E-state index in [2.05, 4.69) is 24.0 Å². The molecular formula is C8H11ClN2. The number of aromatic nitrogens is 2. The Morgan fingerprint density at radius 3 is 2.82 bits per heavy atom. The minimum atomic E-state index is 0.529. The van der Waals surface area contributed by atoms with Crippen molar-refractivity contribution in [2.45, 2.75) is 20.3 Å². The maximum absolute atomic E-state index is 5.79. The largest absolute Gasteiger partial charge is 0.158 e. The molecule has 0 aromatic carbocycles. The molecular weight excluding hydrogens is 160 g/mol. The molecule has 0 amide bonds. The Hall–Kier alpha value is -0.630. The lowest BCUT2D eigenvalue weighted by molar-refractivity contribution is 0.644. The third-order valence-corrected chi connectivity index (χ3v) is 1.70. The monoisotopic (exact) mass is 170 g/mol. The van der Waals surface area contributed by atoms with E-state index in [0.717, 1.165) is 12.0 Å². The van der Waals surface area contributed by atoms with Gasteiger partial charge in [0.2, 0.25) is 0 Å². The molecule has 1 aromatic heterocycles. The Morgan fingerprint density at radius 2 is 2.27 bits per heavy atom. The van der Waals surface area contributed by atoms with Gasteiger partial charge in [-0.2, -0.15) is 5.10 Å². The summed E-state index contributed by atoms with van der Waals surface area (Å²) in [6.07, 6.45) is 2.64. The van der Waals surface area contributed by atoms with Gasteiger partial charge in [-0.25, -0.2) is 0 Å². The predicted molar refractivity (Wildman–Crippen MR) is 45.6 cm³/mol. The lowest BCUT2D eigenvalue weighted by atomic mass is 10.1. The second kappa shape index (κ2) is 3.67. The average molecular weight is 171 g/mol. The molecule has 0 bridgehead atoms. The zero-order valence-electron chi connectivity index (χ0n) is 6.71. The van der Waals surface area contributed by atoms with Crippen LogP contribution in [0.4, 0.5) is 0 Å². The highest BCUT2D eigenvalue weighted by molar-refractivity contribution is 6.30. The minimum absolute atomic E-state index is 0.529. The highest BCUT2D eigenvalue weighted by atomic mass is 35.5. The van der Waals surface area contributed by atoms with Crippen molar-refractivity contribution in [2.75, 3.05) is 0 Å². The SMILES string of the molecule is CC(C)Cc1ccnnc1Cl. The summed E-state index contributed by atoms with van der Waals surface area (Å²) in [5.41, 5.74) is 1.08. The van der Waals surface area contributed by atoms with Crippen LogP contribution < -0.4 is 0 Å². The van der Waals surface area contributed by atoms with Crippen LogP contribution in [0.2, 0.25) is 5.15 Å². The molecule has 3 heteroatoms. The summed E-state index contributed by atoms with van der Waals surface area (Å²) >= 11 is 5.79. The van der Waals surface area contributed by atoms with Crippen LogP contribution in [0, 0.1) is 5.92 Å². The highest BCUT2D eigenvalue weighted by Gasteiger charge is 2.02. The molecule has 0 aliphatic rings. The molecule has 0 radical (unpaired) electrons. The topological polar surface area (TPSA) is 25.8 Å². The van der Waals surface area contributed by atoms with E-state index in [1.165, 1.54) is 0 Å². The molecule has 1 heterocycles. The van der Waals surface area contributed by atoms with E-state index in [0.29, 0.717) is 11.1 Å². The first-order valence-corrected chi connectivity index (χ1v) is 4.04. The van der Waals surface area contributed by atoms with Crippen LogP contribution in [-0.4, -0.2) is 10.2 Å². The van der Waals surface area contributed by atoms with Crippen LogP contribution in [0.1, 0.15) is 19.4 Å². The molecule has 0 aliphatic heterocycles. The molecule has 0 atom stereocenters. The molecule has 0 spiro atoms. The summed E-state index contributed by atoms with van der Waals surface area (Å²) in [4.78, 5) is 0. The molecule has 1 aromatic rings. The van der Waals surface area contributed by atoms with Gasteiger partial charge >= 0.3 is 0 Å². The molecule has 2 nitrogen and oxygen atoms in total. The van der Waals surface area contributed by atoms with E-state index in [1.54, 1.807) is 6.20 Å². The number of rotatable bonds is 2. The molecule has 11 heavy (non-hydrogen) atoms. The van der Waals surface area contributed by atoms with E-state index in [4.69, 9.17) is 11.6 Å². The summed E-state index contributed by atoms with van der Waals surface area (Å²) < 4.78 is 0. The smallest absolute Gasteiger partial charge is 0.154 e. The Balaban J connectivity index is 2.78. The Bertz CT molecular complexity index is 235. The molecule has 0 fully saturated rings. The standard InChI is InChI=1S/C8H11ClN2/c1-6(2)5-7-3-4-10-11-8(7)9/h3-4,6H,5H2,1-2H3. The zero-order valence-corrected chi connectivity index (χ0v) is 7.47. The lowest BCUT2D eigenvalue weighted by Crippen LogP contribution is -1.96. The number of hydrogen-bond acceptors (Lipinski definition) is 2. The van der Waals surface area contributed by atoms with Gasteiger partial charge in [-0.1, -0.05) is 25.4 Å². The summed E-state index contributed by atoms with van der Waals surface area (Å²) in [6.45, 7) is 4.30. The molecule has 1 rings (SSSR count). The summed E-state index contributed by atoms with van der Waals surface area (Å²) in [5, 5.41) is 7.95. The summed E-state index contributed by atoms with van der Waals surface area (Å²) in [5.74, 6) is 0.608. The maximum Gasteiger partial charge on any atom is 0.154 e. The van der Waals surface area contributed by atoms with Gasteiger partial charge in [-0.05, 0) is 24.0 Å². The quantitative estimate of drug-likeness (QED) is 0.681. The fourth-order valence-corrected chi connectivity index (χ4v) is 1.12. The fraction of sp³-hybridized carbons (Fsp3) is 0.500. The van der Waals surface area contributed by atoms with Gasteiger partial charge in [-0.3, -0.25) is 0 Å². The van der Waals surface area contributed by atoms with Crippen LogP contribution in [0.3, 0.4) is 0 Å². The molecule has 0 unspecified atom stereocenters. The second-order valence-electron chi connectivity index (χ2n) is 2.95. The van der Waals surface area contributed by atoms with Gasteiger partial charge < -0.3 is 0 Å². The number of nitrogens with zero attached hydrogens (tertiary/aromatic N) is 2. The highest BCUT2D eigenvalue weighted by Crippen LogP contribution is 2.14. The molecule has 0 saturated carbocycles. The summed E-state index contributed by atoms with van der Waals surface area (Å²) in [7, 11) is 0. The van der Waals surface area contributed by atoms with E-state index in [-0.39, 0.29) is 0 Å². The second-order valence-corrected chi connectivity index (χ2v) is 3.30. The predicted octanol–water partition coefficient (Wildman–Crippen LogP) is 2.33. The van der Waals surface area contributed by atoms with E-state index >= 15 is 0 Å². The third-order valence-electron chi connectivity index (χ3n) is 1.38. The van der Waals surface area contributed by atoms with Crippen molar-refractivity contribution >= 4 is 11.6 Å². The van der Waals surface area contributed by atoms with Gasteiger partial charge in [0.1, 0.15) is 0 Å². The van der Waals surface area contributed by atoms with Crippen LogP contribution in [0.15, 0.2) is 12.3 Å². The number of halogens is 1. The van der Waals surface area contributed by atoms with Crippen molar-refractivity contribution in [3.8, 4) is 0 Å². The van der Waals surface area contributed by atoms with E-state index in [9.17, 15) is 0 Å². The summed E-state index contributed by atoms with van der Waals surface area (Å²) in [6, 6.07) is 1.91. The van der Waals surface area contributed by atoms with Gasteiger partial charge in [-0.15, -0.1) is 5.10 Å². The van der Waals surface area contributed by atoms with Crippen LogP contribution in [-0.2, 0) is 6.42 Å². The van der Waals surface area contributed by atoms with Crippen molar-refractivity contribution in [1.29, 1.82) is 0 Å². The van der Waals surface area contributed by atoms with Crippen molar-refractivity contribution in [2.24, 2.45) is 5.92 Å². The van der Waals surface area contributed by atoms with Gasteiger partial charge in [0.25, 0.3) is 0 Å². The Kier molecular flexibility index (Phi) is 2.83. The molecule has 0 aliphatic carbocycles. The van der Waals surface area contributed by atoms with Crippen molar-refractivity contribution in [1.82, 2.24) is 10.2 Å². The average Bonchev–Trinajstić information content (AvgIpc) is 1.93. The molecule has 0 N–H and O–H groups in total. The van der Waals surface area contributed by atoms with Crippen molar-refractivity contribution in [3.63, 3.8) is 0 Å². The van der Waals surface area contributed by atoms with Crippen LogP contribution in [0.5, 0.6) is 0 Å². The third kappa shape index (κ3) is 2.46. The van der Waals surface area contributed by atoms with Crippen molar-refractivity contribution in [3.05, 3.63) is 23.0 Å². The normalized spacial score (nSPS) is 10.5. The Morgan fingerprint density at radius 1 is 1.55 bits per heavy atom. The Labute approximate surface area is 71.6 Å². The van der Waals surface area contributed by atoms with E-state index in [1.807, 2.05) is 6.07 Å². The van der Waals surface area contributed by atoms with Crippen LogP contribution >= 0.6 is 11.6 Å². The first-order valence-electron chi connectivity index (χ1n) is 3.66. The molecule has 60 valence electrons. The fourth-order valence-electron chi connectivity index (χ4n) is 0.932. The first-order chi connectivity index (χ1) is 5.20.